The lowest BCUT2D eigenvalue weighted by molar-refractivity contribution is 0.334. The molecular weight excluding hydrogens is 282 g/mol. The van der Waals surface area contributed by atoms with Gasteiger partial charge in [0.15, 0.2) is 0 Å². The molecule has 17 heavy (non-hydrogen) atoms. The van der Waals surface area contributed by atoms with Crippen LogP contribution in [0.1, 0.15) is 25.1 Å². The molecule has 94 valence electrons. The Balaban J connectivity index is 2.03. The number of aromatic nitrogens is 2. The number of hydrogen-bond donors (Lipinski definition) is 1. The van der Waals surface area contributed by atoms with E-state index in [0.717, 1.165) is 37.8 Å². The SMILES string of the molecule is Cc1ncc(Br)c(=O)n1CCC1CCNCC1. The summed E-state index contributed by atoms with van der Waals surface area (Å²) in [6.45, 7) is 4.88. The van der Waals surface area contributed by atoms with Gasteiger partial charge in [-0.15, -0.1) is 0 Å². The van der Waals surface area contributed by atoms with Gasteiger partial charge >= 0.3 is 0 Å². The molecule has 0 spiro atoms. The number of halogens is 1. The Hall–Kier alpha value is -0.680. The van der Waals surface area contributed by atoms with Crippen LogP contribution in [0.15, 0.2) is 15.5 Å². The Morgan fingerprint density at radius 2 is 2.24 bits per heavy atom. The first kappa shape index (κ1) is 12.8. The van der Waals surface area contributed by atoms with E-state index in [4.69, 9.17) is 0 Å². The van der Waals surface area contributed by atoms with Crippen LogP contribution >= 0.6 is 15.9 Å². The van der Waals surface area contributed by atoms with Crippen molar-refractivity contribution in [2.24, 2.45) is 5.92 Å². The van der Waals surface area contributed by atoms with Gasteiger partial charge in [0.05, 0.1) is 0 Å². The summed E-state index contributed by atoms with van der Waals surface area (Å²) in [6.07, 6.45) is 5.09. The van der Waals surface area contributed by atoms with E-state index in [1.807, 2.05) is 6.92 Å². The fourth-order valence-electron chi connectivity index (χ4n) is 2.30. The lowest BCUT2D eigenvalue weighted by Gasteiger charge is -2.23. The second-order valence-electron chi connectivity index (χ2n) is 4.59. The molecule has 0 bridgehead atoms. The summed E-state index contributed by atoms with van der Waals surface area (Å²) in [6, 6.07) is 0. The van der Waals surface area contributed by atoms with Crippen LogP contribution in [0.5, 0.6) is 0 Å². The van der Waals surface area contributed by atoms with Crippen LogP contribution in [0.25, 0.3) is 0 Å². The van der Waals surface area contributed by atoms with Crippen molar-refractivity contribution in [2.45, 2.75) is 32.7 Å². The van der Waals surface area contributed by atoms with Crippen molar-refractivity contribution in [1.82, 2.24) is 14.9 Å². The van der Waals surface area contributed by atoms with Gasteiger partial charge < -0.3 is 5.32 Å². The molecule has 0 radical (unpaired) electrons. The molecule has 0 unspecified atom stereocenters. The normalized spacial score (nSPS) is 17.3. The summed E-state index contributed by atoms with van der Waals surface area (Å²) in [5.74, 6) is 1.54. The molecule has 5 heteroatoms. The number of nitrogens with zero attached hydrogens (tertiary/aromatic N) is 2. The van der Waals surface area contributed by atoms with Crippen LogP contribution < -0.4 is 10.9 Å². The van der Waals surface area contributed by atoms with Crippen LogP contribution in [0.2, 0.25) is 0 Å². The van der Waals surface area contributed by atoms with Gasteiger partial charge in [0, 0.05) is 12.7 Å². The largest absolute Gasteiger partial charge is 0.317 e. The van der Waals surface area contributed by atoms with Crippen molar-refractivity contribution >= 4 is 15.9 Å². The highest BCUT2D eigenvalue weighted by Crippen LogP contribution is 2.16. The molecule has 2 rings (SSSR count). The second kappa shape index (κ2) is 5.78. The van der Waals surface area contributed by atoms with Gasteiger partial charge in [0.25, 0.3) is 5.56 Å². The van der Waals surface area contributed by atoms with Gasteiger partial charge in [0.1, 0.15) is 10.3 Å². The van der Waals surface area contributed by atoms with Crippen molar-refractivity contribution in [2.75, 3.05) is 13.1 Å². The molecule has 0 aromatic carbocycles. The van der Waals surface area contributed by atoms with Crippen LogP contribution in [-0.4, -0.2) is 22.6 Å². The fourth-order valence-corrected chi connectivity index (χ4v) is 2.61. The monoisotopic (exact) mass is 299 g/mol. The molecule has 1 aromatic rings. The van der Waals surface area contributed by atoms with Crippen LogP contribution in [0.4, 0.5) is 0 Å². The molecule has 0 saturated carbocycles. The van der Waals surface area contributed by atoms with Gasteiger partial charge in [-0.2, -0.15) is 0 Å². The van der Waals surface area contributed by atoms with E-state index in [-0.39, 0.29) is 5.56 Å². The fraction of sp³-hybridized carbons (Fsp3) is 0.667. The molecule has 1 aromatic heterocycles. The van der Waals surface area contributed by atoms with E-state index in [1.165, 1.54) is 12.8 Å². The Morgan fingerprint density at radius 3 is 2.94 bits per heavy atom. The number of rotatable bonds is 3. The molecule has 1 saturated heterocycles. The summed E-state index contributed by atoms with van der Waals surface area (Å²) in [7, 11) is 0. The van der Waals surface area contributed by atoms with E-state index < -0.39 is 0 Å². The lowest BCUT2D eigenvalue weighted by Crippen LogP contribution is -2.30. The smallest absolute Gasteiger partial charge is 0.267 e. The topological polar surface area (TPSA) is 46.9 Å². The highest BCUT2D eigenvalue weighted by molar-refractivity contribution is 9.10. The minimum Gasteiger partial charge on any atom is -0.317 e. The number of nitrogens with one attached hydrogen (secondary N) is 1. The molecule has 0 atom stereocenters. The Labute approximate surface area is 110 Å². The minimum atomic E-state index is 0.0337. The standard InChI is InChI=1S/C12H18BrN3O/c1-9-15-8-11(13)12(17)16(9)7-4-10-2-5-14-6-3-10/h8,10,14H,2-7H2,1H3. The van der Waals surface area contributed by atoms with E-state index in [1.54, 1.807) is 10.8 Å². The third-order valence-electron chi connectivity index (χ3n) is 3.42. The van der Waals surface area contributed by atoms with Crippen molar-refractivity contribution < 1.29 is 0 Å². The van der Waals surface area contributed by atoms with Crippen molar-refractivity contribution in [3.63, 3.8) is 0 Å². The van der Waals surface area contributed by atoms with Crippen molar-refractivity contribution in [1.29, 1.82) is 0 Å². The Bertz CT molecular complexity index is 438. The maximum Gasteiger partial charge on any atom is 0.267 e. The summed E-state index contributed by atoms with van der Waals surface area (Å²) < 4.78 is 2.32. The predicted molar refractivity (Wildman–Crippen MR) is 71.1 cm³/mol. The summed E-state index contributed by atoms with van der Waals surface area (Å²) in [4.78, 5) is 16.1. The second-order valence-corrected chi connectivity index (χ2v) is 5.45. The van der Waals surface area contributed by atoms with Gasteiger partial charge in [0.2, 0.25) is 0 Å². The molecule has 2 heterocycles. The maximum absolute atomic E-state index is 11.9. The summed E-state index contributed by atoms with van der Waals surface area (Å²) in [5, 5.41) is 3.36. The highest BCUT2D eigenvalue weighted by atomic mass is 79.9. The summed E-state index contributed by atoms with van der Waals surface area (Å²) in [5.41, 5.74) is 0.0337. The van der Waals surface area contributed by atoms with E-state index >= 15 is 0 Å². The molecule has 0 amide bonds. The maximum atomic E-state index is 11.9. The highest BCUT2D eigenvalue weighted by Gasteiger charge is 2.14. The Morgan fingerprint density at radius 1 is 1.53 bits per heavy atom. The molecule has 1 fully saturated rings. The van der Waals surface area contributed by atoms with E-state index in [0.29, 0.717) is 4.47 Å². The molecule has 4 nitrogen and oxygen atoms in total. The van der Waals surface area contributed by atoms with Gasteiger partial charge in [-0.25, -0.2) is 4.98 Å². The van der Waals surface area contributed by atoms with Crippen LogP contribution in [-0.2, 0) is 6.54 Å². The van der Waals surface area contributed by atoms with E-state index in [2.05, 4.69) is 26.2 Å². The molecular formula is C12H18BrN3O. The molecule has 1 aliphatic heterocycles. The first-order chi connectivity index (χ1) is 8.18. The van der Waals surface area contributed by atoms with Crippen molar-refractivity contribution in [3.8, 4) is 0 Å². The number of piperidine rings is 1. The van der Waals surface area contributed by atoms with Gasteiger partial charge in [-0.3, -0.25) is 9.36 Å². The molecule has 0 aliphatic carbocycles. The van der Waals surface area contributed by atoms with E-state index in [9.17, 15) is 4.79 Å². The van der Waals surface area contributed by atoms with Gasteiger partial charge in [-0.1, -0.05) is 0 Å². The Kier molecular flexibility index (Phi) is 4.34. The van der Waals surface area contributed by atoms with Gasteiger partial charge in [-0.05, 0) is 61.1 Å². The van der Waals surface area contributed by atoms with Crippen LogP contribution in [0, 0.1) is 12.8 Å². The first-order valence-corrected chi connectivity index (χ1v) is 6.90. The zero-order valence-electron chi connectivity index (χ0n) is 10.1. The molecule has 1 N–H and O–H groups in total. The average molecular weight is 300 g/mol. The number of hydrogen-bond acceptors (Lipinski definition) is 3. The zero-order valence-corrected chi connectivity index (χ0v) is 11.7. The van der Waals surface area contributed by atoms with Crippen LogP contribution in [0.3, 0.4) is 0 Å². The predicted octanol–water partition coefficient (Wildman–Crippen LogP) is 1.70. The first-order valence-electron chi connectivity index (χ1n) is 6.11. The summed E-state index contributed by atoms with van der Waals surface area (Å²) >= 11 is 3.24. The number of aryl methyl sites for hydroxylation is 1. The molecule has 1 aliphatic rings. The third kappa shape index (κ3) is 3.16. The average Bonchev–Trinajstić information content (AvgIpc) is 2.35. The minimum absolute atomic E-state index is 0.0337. The van der Waals surface area contributed by atoms with Crippen molar-refractivity contribution in [3.05, 3.63) is 26.8 Å². The third-order valence-corrected chi connectivity index (χ3v) is 3.97. The lowest BCUT2D eigenvalue weighted by atomic mass is 9.95. The quantitative estimate of drug-likeness (QED) is 0.924. The zero-order chi connectivity index (χ0) is 12.3.